The lowest BCUT2D eigenvalue weighted by Crippen LogP contribution is -2.39. The lowest BCUT2D eigenvalue weighted by atomic mass is 10.2. The van der Waals surface area contributed by atoms with E-state index >= 15 is 0 Å². The molecule has 5 nitrogen and oxygen atoms in total. The molecule has 1 unspecified atom stereocenters. The quantitative estimate of drug-likeness (QED) is 0.728. The van der Waals surface area contributed by atoms with Gasteiger partial charge in [-0.25, -0.2) is 0 Å². The van der Waals surface area contributed by atoms with E-state index in [1.807, 2.05) is 16.8 Å². The first-order valence-corrected chi connectivity index (χ1v) is 6.28. The maximum absolute atomic E-state index is 12.1. The molecule has 1 rings (SSSR count). The van der Waals surface area contributed by atoms with E-state index in [1.165, 1.54) is 0 Å². The summed E-state index contributed by atoms with van der Waals surface area (Å²) in [6.07, 6.45) is 3.37. The molecular weight excluding hydrogens is 232 g/mol. The average Bonchev–Trinajstić information content (AvgIpc) is 2.78. The Labute approximate surface area is 108 Å². The number of ether oxygens (including phenoxy) is 1. The molecule has 0 aliphatic heterocycles. The van der Waals surface area contributed by atoms with Crippen LogP contribution in [0, 0.1) is 0 Å². The predicted octanol–water partition coefficient (Wildman–Crippen LogP) is 1.03. The van der Waals surface area contributed by atoms with E-state index in [9.17, 15) is 4.79 Å². The third-order valence-corrected chi connectivity index (χ3v) is 2.71. The summed E-state index contributed by atoms with van der Waals surface area (Å²) in [7, 11) is 1.58. The Hall–Kier alpha value is -1.33. The van der Waals surface area contributed by atoms with Crippen molar-refractivity contribution in [2.24, 2.45) is 0 Å². The van der Waals surface area contributed by atoms with Crippen LogP contribution in [0.25, 0.3) is 0 Å². The van der Waals surface area contributed by atoms with Crippen molar-refractivity contribution in [2.45, 2.75) is 32.4 Å². The Balaban J connectivity index is 2.64. The maximum Gasteiger partial charge on any atom is 0.268 e. The van der Waals surface area contributed by atoms with Gasteiger partial charge in [0, 0.05) is 26.5 Å². The zero-order valence-corrected chi connectivity index (χ0v) is 11.1. The van der Waals surface area contributed by atoms with Crippen molar-refractivity contribution in [2.75, 3.05) is 20.3 Å². The van der Waals surface area contributed by atoms with Crippen LogP contribution in [0.2, 0.25) is 0 Å². The first kappa shape index (κ1) is 14.7. The van der Waals surface area contributed by atoms with Gasteiger partial charge in [0.15, 0.2) is 0 Å². The maximum atomic E-state index is 12.1. The highest BCUT2D eigenvalue weighted by Gasteiger charge is 2.15. The molecule has 0 aromatic carbocycles. The molecule has 1 aromatic rings. The van der Waals surface area contributed by atoms with Gasteiger partial charge in [0.2, 0.25) is 0 Å². The van der Waals surface area contributed by atoms with E-state index in [1.54, 1.807) is 13.2 Å². The van der Waals surface area contributed by atoms with Crippen LogP contribution in [-0.2, 0) is 11.3 Å². The molecule has 1 amide bonds. The van der Waals surface area contributed by atoms with Gasteiger partial charge in [-0.2, -0.15) is 0 Å². The third-order valence-electron chi connectivity index (χ3n) is 2.71. The smallest absolute Gasteiger partial charge is 0.268 e. The number of aliphatic hydroxyl groups excluding tert-OH is 1. The Kier molecular flexibility index (Phi) is 6.46. The van der Waals surface area contributed by atoms with Crippen molar-refractivity contribution < 1.29 is 14.6 Å². The molecule has 0 spiro atoms. The predicted molar refractivity (Wildman–Crippen MR) is 69.6 cm³/mol. The van der Waals surface area contributed by atoms with Crippen LogP contribution in [0.4, 0.5) is 0 Å². The molecule has 0 bridgehead atoms. The lowest BCUT2D eigenvalue weighted by molar-refractivity contribution is 0.0869. The molecular formula is C13H22N2O3. The van der Waals surface area contributed by atoms with Gasteiger partial charge in [0.1, 0.15) is 5.69 Å². The number of carbonyl (C=O) groups excluding carboxylic acids is 1. The second-order valence-corrected chi connectivity index (χ2v) is 4.22. The minimum absolute atomic E-state index is 0.0320. The summed E-state index contributed by atoms with van der Waals surface area (Å²) in [5.41, 5.74) is 0.649. The zero-order chi connectivity index (χ0) is 13.4. The summed E-state index contributed by atoms with van der Waals surface area (Å²) < 4.78 is 6.95. The standard InChI is InChI=1S/C13H22N2O3/c1-3-7-15-8-4-5-12(15)13(17)14-11(6-9-16)10-18-2/h4-5,8,11,16H,3,6-7,9-10H2,1-2H3,(H,14,17). The molecule has 2 N–H and O–H groups in total. The van der Waals surface area contributed by atoms with Crippen molar-refractivity contribution >= 4 is 5.91 Å². The first-order chi connectivity index (χ1) is 8.72. The number of carbonyl (C=O) groups is 1. The van der Waals surface area contributed by atoms with Gasteiger partial charge in [0.05, 0.1) is 12.6 Å². The highest BCUT2D eigenvalue weighted by Crippen LogP contribution is 2.05. The number of aliphatic hydroxyl groups is 1. The topological polar surface area (TPSA) is 63.5 Å². The van der Waals surface area contributed by atoms with Crippen molar-refractivity contribution in [1.29, 1.82) is 0 Å². The van der Waals surface area contributed by atoms with Crippen molar-refractivity contribution in [1.82, 2.24) is 9.88 Å². The second kappa shape index (κ2) is 7.89. The summed E-state index contributed by atoms with van der Waals surface area (Å²) in [5.74, 6) is -0.121. The summed E-state index contributed by atoms with van der Waals surface area (Å²) in [4.78, 5) is 12.1. The lowest BCUT2D eigenvalue weighted by Gasteiger charge is -2.17. The third kappa shape index (κ3) is 4.16. The minimum atomic E-state index is -0.155. The number of hydrogen-bond donors (Lipinski definition) is 2. The minimum Gasteiger partial charge on any atom is -0.396 e. The normalized spacial score (nSPS) is 12.4. The monoisotopic (exact) mass is 254 g/mol. The summed E-state index contributed by atoms with van der Waals surface area (Å²) >= 11 is 0. The van der Waals surface area contributed by atoms with Gasteiger partial charge in [-0.1, -0.05) is 6.92 Å². The van der Waals surface area contributed by atoms with E-state index in [2.05, 4.69) is 12.2 Å². The fourth-order valence-corrected chi connectivity index (χ4v) is 1.87. The molecule has 102 valence electrons. The van der Waals surface area contributed by atoms with Crippen molar-refractivity contribution in [3.8, 4) is 0 Å². The SMILES string of the molecule is CCCn1cccc1C(=O)NC(CCO)COC. The molecule has 5 heteroatoms. The fourth-order valence-electron chi connectivity index (χ4n) is 1.87. The molecule has 1 aromatic heterocycles. The van der Waals surface area contributed by atoms with Gasteiger partial charge in [-0.3, -0.25) is 4.79 Å². The van der Waals surface area contributed by atoms with E-state index in [4.69, 9.17) is 9.84 Å². The molecule has 0 saturated carbocycles. The molecule has 1 atom stereocenters. The van der Waals surface area contributed by atoms with Gasteiger partial charge in [0.25, 0.3) is 5.91 Å². The number of hydrogen-bond acceptors (Lipinski definition) is 3. The summed E-state index contributed by atoms with van der Waals surface area (Å²) in [6.45, 7) is 3.33. The van der Waals surface area contributed by atoms with Crippen LogP contribution in [0.5, 0.6) is 0 Å². The number of aromatic nitrogens is 1. The molecule has 0 saturated heterocycles. The molecule has 0 aliphatic rings. The van der Waals surface area contributed by atoms with Crippen LogP contribution in [0.3, 0.4) is 0 Å². The Morgan fingerprint density at radius 2 is 2.39 bits per heavy atom. The van der Waals surface area contributed by atoms with Crippen LogP contribution in [0.1, 0.15) is 30.3 Å². The zero-order valence-electron chi connectivity index (χ0n) is 11.1. The number of nitrogens with zero attached hydrogens (tertiary/aromatic N) is 1. The largest absolute Gasteiger partial charge is 0.396 e. The van der Waals surface area contributed by atoms with Crippen LogP contribution in [0.15, 0.2) is 18.3 Å². The summed E-state index contributed by atoms with van der Waals surface area (Å²) in [6, 6.07) is 3.51. The fraction of sp³-hybridized carbons (Fsp3) is 0.615. The van der Waals surface area contributed by atoms with Gasteiger partial charge < -0.3 is 19.7 Å². The van der Waals surface area contributed by atoms with E-state index in [-0.39, 0.29) is 18.6 Å². The van der Waals surface area contributed by atoms with E-state index < -0.39 is 0 Å². The van der Waals surface area contributed by atoms with Crippen LogP contribution < -0.4 is 5.32 Å². The molecule has 0 aliphatic carbocycles. The number of nitrogens with one attached hydrogen (secondary N) is 1. The first-order valence-electron chi connectivity index (χ1n) is 6.28. The van der Waals surface area contributed by atoms with Crippen LogP contribution in [-0.4, -0.2) is 41.9 Å². The van der Waals surface area contributed by atoms with Gasteiger partial charge >= 0.3 is 0 Å². The number of aryl methyl sites for hydroxylation is 1. The van der Waals surface area contributed by atoms with E-state index in [0.717, 1.165) is 13.0 Å². The summed E-state index contributed by atoms with van der Waals surface area (Å²) in [5, 5.41) is 11.8. The number of methoxy groups -OCH3 is 1. The average molecular weight is 254 g/mol. The molecule has 0 fully saturated rings. The Morgan fingerprint density at radius 1 is 1.61 bits per heavy atom. The van der Waals surface area contributed by atoms with Gasteiger partial charge in [-0.15, -0.1) is 0 Å². The van der Waals surface area contributed by atoms with E-state index in [0.29, 0.717) is 18.7 Å². The molecule has 18 heavy (non-hydrogen) atoms. The highest BCUT2D eigenvalue weighted by molar-refractivity contribution is 5.92. The number of amides is 1. The Morgan fingerprint density at radius 3 is 3.00 bits per heavy atom. The van der Waals surface area contributed by atoms with Crippen molar-refractivity contribution in [3.05, 3.63) is 24.0 Å². The van der Waals surface area contributed by atoms with Gasteiger partial charge in [-0.05, 0) is 25.0 Å². The van der Waals surface area contributed by atoms with Crippen molar-refractivity contribution in [3.63, 3.8) is 0 Å². The molecule has 0 radical (unpaired) electrons. The highest BCUT2D eigenvalue weighted by atomic mass is 16.5. The Bertz CT molecular complexity index is 357. The molecule has 1 heterocycles. The second-order valence-electron chi connectivity index (χ2n) is 4.22. The number of rotatable bonds is 8. The van der Waals surface area contributed by atoms with Crippen LogP contribution >= 0.6 is 0 Å².